The lowest BCUT2D eigenvalue weighted by Gasteiger charge is -2.17. The molecule has 7 nitrogen and oxygen atoms in total. The summed E-state index contributed by atoms with van der Waals surface area (Å²) in [5.41, 5.74) is 0.659. The fraction of sp³-hybridized carbons (Fsp3) is 0.308. The lowest BCUT2D eigenvalue weighted by Crippen LogP contribution is -2.49. The van der Waals surface area contributed by atoms with E-state index in [1.54, 1.807) is 12.1 Å². The monoisotopic (exact) mass is 280 g/mol. The third-order valence-corrected chi connectivity index (χ3v) is 2.70. The van der Waals surface area contributed by atoms with Crippen molar-refractivity contribution >= 4 is 18.3 Å². The fourth-order valence-corrected chi connectivity index (χ4v) is 1.54. The van der Waals surface area contributed by atoms with Crippen LogP contribution in [0.15, 0.2) is 24.3 Å². The van der Waals surface area contributed by atoms with E-state index in [1.165, 1.54) is 19.1 Å². The number of rotatable bonds is 7. The molecule has 4 N–H and O–H groups in total. The van der Waals surface area contributed by atoms with Crippen molar-refractivity contribution < 1.29 is 24.6 Å². The predicted octanol–water partition coefficient (Wildman–Crippen LogP) is -0.361. The second kappa shape index (κ2) is 7.13. The molecule has 0 aromatic heterocycles. The van der Waals surface area contributed by atoms with Gasteiger partial charge in [-0.25, -0.2) is 4.79 Å². The van der Waals surface area contributed by atoms with E-state index >= 15 is 0 Å². The first-order valence-corrected chi connectivity index (χ1v) is 5.95. The predicted molar refractivity (Wildman–Crippen MR) is 70.0 cm³/mol. The molecule has 1 aromatic carbocycles. The van der Waals surface area contributed by atoms with Crippen LogP contribution in [0.2, 0.25) is 0 Å². The fourth-order valence-electron chi connectivity index (χ4n) is 1.54. The highest BCUT2D eigenvalue weighted by atomic mass is 16.4. The van der Waals surface area contributed by atoms with Crippen LogP contribution in [0.3, 0.4) is 0 Å². The van der Waals surface area contributed by atoms with Crippen molar-refractivity contribution in [3.8, 4) is 5.75 Å². The normalized spacial score (nSPS) is 13.1. The first kappa shape index (κ1) is 15.5. The van der Waals surface area contributed by atoms with Crippen molar-refractivity contribution in [2.75, 3.05) is 0 Å². The van der Waals surface area contributed by atoms with Gasteiger partial charge in [-0.15, -0.1) is 0 Å². The molecule has 0 fully saturated rings. The van der Waals surface area contributed by atoms with Gasteiger partial charge in [0.05, 0.1) is 0 Å². The molecule has 0 spiro atoms. The number of amides is 2. The zero-order chi connectivity index (χ0) is 15.1. The lowest BCUT2D eigenvalue weighted by molar-refractivity contribution is -0.142. The topological polar surface area (TPSA) is 116 Å². The van der Waals surface area contributed by atoms with Crippen molar-refractivity contribution in [3.63, 3.8) is 0 Å². The molecule has 108 valence electrons. The molecule has 1 aromatic rings. The van der Waals surface area contributed by atoms with Crippen LogP contribution in [0, 0.1) is 0 Å². The van der Waals surface area contributed by atoms with E-state index in [0.717, 1.165) is 0 Å². The standard InChI is InChI=1S/C13H16N2O5/c1-8(14-7-16)12(18)15-11(13(19)20)6-9-2-4-10(17)5-3-9/h2-5,7-8,11,17H,6H2,1H3,(H,14,16)(H,15,18)(H,19,20)/t8-,11-/m0/s1. The largest absolute Gasteiger partial charge is 0.508 e. The molecule has 0 bridgehead atoms. The van der Waals surface area contributed by atoms with Gasteiger partial charge >= 0.3 is 5.97 Å². The van der Waals surface area contributed by atoms with E-state index in [9.17, 15) is 14.4 Å². The van der Waals surface area contributed by atoms with E-state index in [4.69, 9.17) is 10.2 Å². The summed E-state index contributed by atoms with van der Waals surface area (Å²) in [7, 11) is 0. The average Bonchev–Trinajstić information content (AvgIpc) is 2.40. The van der Waals surface area contributed by atoms with E-state index in [-0.39, 0.29) is 12.2 Å². The van der Waals surface area contributed by atoms with Crippen LogP contribution < -0.4 is 10.6 Å². The minimum Gasteiger partial charge on any atom is -0.508 e. The maximum Gasteiger partial charge on any atom is 0.326 e. The van der Waals surface area contributed by atoms with Crippen LogP contribution in [-0.2, 0) is 20.8 Å². The minimum absolute atomic E-state index is 0.0773. The Bertz CT molecular complexity index is 486. The summed E-state index contributed by atoms with van der Waals surface area (Å²) in [5.74, 6) is -1.68. The number of carbonyl (C=O) groups is 3. The molecule has 0 aliphatic rings. The number of phenolic OH excluding ortho intramolecular Hbond substituents is 1. The first-order chi connectivity index (χ1) is 9.43. The lowest BCUT2D eigenvalue weighted by atomic mass is 10.1. The molecule has 0 heterocycles. The molecule has 0 unspecified atom stereocenters. The highest BCUT2D eigenvalue weighted by Crippen LogP contribution is 2.11. The maximum absolute atomic E-state index is 11.7. The maximum atomic E-state index is 11.7. The molecule has 7 heteroatoms. The molecule has 2 amide bonds. The van der Waals surface area contributed by atoms with Crippen molar-refractivity contribution in [3.05, 3.63) is 29.8 Å². The number of hydrogen-bond donors (Lipinski definition) is 4. The second-order valence-corrected chi connectivity index (χ2v) is 4.28. The van der Waals surface area contributed by atoms with Crippen molar-refractivity contribution in [1.82, 2.24) is 10.6 Å². The molecule has 0 aliphatic carbocycles. The van der Waals surface area contributed by atoms with E-state index in [2.05, 4.69) is 10.6 Å². The van der Waals surface area contributed by atoms with Crippen LogP contribution in [0.4, 0.5) is 0 Å². The van der Waals surface area contributed by atoms with E-state index in [0.29, 0.717) is 12.0 Å². The summed E-state index contributed by atoms with van der Waals surface area (Å²) in [4.78, 5) is 33.0. The Hall–Kier alpha value is -2.57. The number of carboxylic acids is 1. The molecule has 0 saturated heterocycles. The van der Waals surface area contributed by atoms with Gasteiger partial charge in [-0.1, -0.05) is 12.1 Å². The van der Waals surface area contributed by atoms with Crippen LogP contribution in [-0.4, -0.2) is 40.6 Å². The molecular formula is C13H16N2O5. The summed E-state index contributed by atoms with van der Waals surface area (Å²) >= 11 is 0. The second-order valence-electron chi connectivity index (χ2n) is 4.28. The molecule has 20 heavy (non-hydrogen) atoms. The smallest absolute Gasteiger partial charge is 0.326 e. The molecule has 0 aliphatic heterocycles. The van der Waals surface area contributed by atoms with Crippen LogP contribution in [0.5, 0.6) is 5.75 Å². The van der Waals surface area contributed by atoms with E-state index < -0.39 is 24.0 Å². The summed E-state index contributed by atoms with van der Waals surface area (Å²) in [6.45, 7) is 1.45. The Labute approximate surface area is 115 Å². The number of hydrogen-bond acceptors (Lipinski definition) is 4. The van der Waals surface area contributed by atoms with Gasteiger partial charge in [0.2, 0.25) is 12.3 Å². The van der Waals surface area contributed by atoms with Gasteiger partial charge in [0.1, 0.15) is 17.8 Å². The molecule has 1 rings (SSSR count). The average molecular weight is 280 g/mol. The Morgan fingerprint density at radius 2 is 1.90 bits per heavy atom. The summed E-state index contributed by atoms with van der Waals surface area (Å²) in [6.07, 6.45) is 0.454. The molecule has 2 atom stereocenters. The van der Waals surface area contributed by atoms with Gasteiger partial charge in [0.25, 0.3) is 0 Å². The van der Waals surface area contributed by atoms with Gasteiger partial charge in [0, 0.05) is 6.42 Å². The van der Waals surface area contributed by atoms with Crippen molar-refractivity contribution in [2.45, 2.75) is 25.4 Å². The molecule has 0 radical (unpaired) electrons. The number of benzene rings is 1. The molecular weight excluding hydrogens is 264 g/mol. The highest BCUT2D eigenvalue weighted by molar-refractivity contribution is 5.87. The van der Waals surface area contributed by atoms with Crippen LogP contribution >= 0.6 is 0 Å². The Balaban J connectivity index is 2.70. The van der Waals surface area contributed by atoms with Crippen LogP contribution in [0.25, 0.3) is 0 Å². The number of carbonyl (C=O) groups excluding carboxylic acids is 2. The van der Waals surface area contributed by atoms with E-state index in [1.807, 2.05) is 0 Å². The molecule has 0 saturated carbocycles. The van der Waals surface area contributed by atoms with Crippen molar-refractivity contribution in [1.29, 1.82) is 0 Å². The zero-order valence-corrected chi connectivity index (χ0v) is 10.9. The third-order valence-electron chi connectivity index (χ3n) is 2.70. The third kappa shape index (κ3) is 4.60. The van der Waals surface area contributed by atoms with Gasteiger partial charge in [0.15, 0.2) is 0 Å². The number of carboxylic acid groups (broad SMARTS) is 1. The Morgan fingerprint density at radius 1 is 1.30 bits per heavy atom. The quantitative estimate of drug-likeness (QED) is 0.509. The van der Waals surface area contributed by atoms with Gasteiger partial charge in [-0.3, -0.25) is 9.59 Å². The summed E-state index contributed by atoms with van der Waals surface area (Å²) < 4.78 is 0. The minimum atomic E-state index is -1.18. The van der Waals surface area contributed by atoms with Crippen LogP contribution in [0.1, 0.15) is 12.5 Å². The number of phenols is 1. The van der Waals surface area contributed by atoms with Gasteiger partial charge in [-0.05, 0) is 24.6 Å². The highest BCUT2D eigenvalue weighted by Gasteiger charge is 2.22. The SMILES string of the molecule is C[C@H](NC=O)C(=O)N[C@@H](Cc1ccc(O)cc1)C(=O)O. The Kier molecular flexibility index (Phi) is 5.52. The number of aromatic hydroxyl groups is 1. The summed E-state index contributed by atoms with van der Waals surface area (Å²) in [6, 6.07) is 4.10. The number of nitrogens with one attached hydrogen (secondary N) is 2. The van der Waals surface area contributed by atoms with Crippen molar-refractivity contribution in [2.24, 2.45) is 0 Å². The summed E-state index contributed by atoms with van der Waals surface area (Å²) in [5, 5.41) is 22.8. The number of aliphatic carboxylic acids is 1. The zero-order valence-electron chi connectivity index (χ0n) is 10.9. The van der Waals surface area contributed by atoms with Gasteiger partial charge < -0.3 is 20.8 Å². The van der Waals surface area contributed by atoms with Gasteiger partial charge in [-0.2, -0.15) is 0 Å². The first-order valence-electron chi connectivity index (χ1n) is 5.95. The Morgan fingerprint density at radius 3 is 2.40 bits per heavy atom.